The molecule has 5 nitrogen and oxygen atoms in total. The Labute approximate surface area is 161 Å². The highest BCUT2D eigenvalue weighted by molar-refractivity contribution is 7.92. The van der Waals surface area contributed by atoms with Crippen molar-refractivity contribution in [3.05, 3.63) is 29.8 Å². The van der Waals surface area contributed by atoms with Crippen molar-refractivity contribution in [2.24, 2.45) is 17.8 Å². The Bertz CT molecular complexity index is 829. The number of nitrogens with zero attached hydrogens (tertiary/aromatic N) is 1. The molecule has 6 rings (SSSR count). The summed E-state index contributed by atoms with van der Waals surface area (Å²) in [6, 6.07) is 7.15. The van der Waals surface area contributed by atoms with Crippen LogP contribution in [0.1, 0.15) is 61.7 Å². The summed E-state index contributed by atoms with van der Waals surface area (Å²) in [7, 11) is -3.26. The fourth-order valence-electron chi connectivity index (χ4n) is 6.46. The molecule has 5 fully saturated rings. The van der Waals surface area contributed by atoms with E-state index in [-0.39, 0.29) is 17.2 Å². The minimum Gasteiger partial charge on any atom is -0.347 e. The molecule has 6 heteroatoms. The van der Waals surface area contributed by atoms with Crippen molar-refractivity contribution in [1.29, 1.82) is 0 Å². The topological polar surface area (TPSA) is 66.5 Å². The minimum absolute atomic E-state index is 0.0287. The quantitative estimate of drug-likeness (QED) is 0.864. The van der Waals surface area contributed by atoms with Gasteiger partial charge in [-0.3, -0.25) is 9.10 Å². The van der Waals surface area contributed by atoms with Crippen LogP contribution < -0.4 is 9.62 Å². The van der Waals surface area contributed by atoms with Gasteiger partial charge in [-0.2, -0.15) is 0 Å². The Morgan fingerprint density at radius 2 is 1.70 bits per heavy atom. The van der Waals surface area contributed by atoms with E-state index in [1.165, 1.54) is 23.6 Å². The summed E-state index contributed by atoms with van der Waals surface area (Å²) in [4.78, 5) is 13.0. The van der Waals surface area contributed by atoms with E-state index in [2.05, 4.69) is 5.32 Å². The van der Waals surface area contributed by atoms with E-state index in [0.29, 0.717) is 24.2 Å². The van der Waals surface area contributed by atoms with Gasteiger partial charge in [0.25, 0.3) is 5.91 Å². The van der Waals surface area contributed by atoms with Crippen molar-refractivity contribution < 1.29 is 13.2 Å². The third-order valence-electron chi connectivity index (χ3n) is 7.16. The summed E-state index contributed by atoms with van der Waals surface area (Å²) in [5.41, 5.74) is 1.16. The first kappa shape index (κ1) is 17.5. The van der Waals surface area contributed by atoms with Gasteiger partial charge in [-0.05, 0) is 87.3 Å². The molecule has 27 heavy (non-hydrogen) atoms. The number of carbonyl (C=O) groups is 1. The molecule has 1 aromatic carbocycles. The number of hydrogen-bond acceptors (Lipinski definition) is 3. The molecule has 1 aliphatic heterocycles. The lowest BCUT2D eigenvalue weighted by atomic mass is 9.53. The third-order valence-corrected chi connectivity index (χ3v) is 9.03. The number of anilines is 1. The van der Waals surface area contributed by atoms with E-state index in [1.54, 1.807) is 24.3 Å². The predicted molar refractivity (Wildman–Crippen MR) is 105 cm³/mol. The van der Waals surface area contributed by atoms with Crippen molar-refractivity contribution in [1.82, 2.24) is 5.32 Å². The maximum absolute atomic E-state index is 13.0. The Morgan fingerprint density at radius 3 is 2.33 bits per heavy atom. The second kappa shape index (κ2) is 6.23. The van der Waals surface area contributed by atoms with Gasteiger partial charge in [-0.1, -0.05) is 6.07 Å². The van der Waals surface area contributed by atoms with Crippen molar-refractivity contribution in [2.75, 3.05) is 16.6 Å². The zero-order chi connectivity index (χ0) is 18.6. The van der Waals surface area contributed by atoms with Crippen LogP contribution in [-0.4, -0.2) is 32.2 Å². The summed E-state index contributed by atoms with van der Waals surface area (Å²) >= 11 is 0. The Hall–Kier alpha value is -1.56. The molecule has 4 bridgehead atoms. The van der Waals surface area contributed by atoms with Crippen molar-refractivity contribution in [2.45, 2.75) is 56.9 Å². The first-order valence-electron chi connectivity index (χ1n) is 10.4. The second-order valence-corrected chi connectivity index (χ2v) is 11.3. The van der Waals surface area contributed by atoms with Crippen LogP contribution >= 0.6 is 0 Å². The average molecular weight is 389 g/mol. The van der Waals surface area contributed by atoms with Gasteiger partial charge in [0, 0.05) is 17.6 Å². The molecule has 0 spiro atoms. The van der Waals surface area contributed by atoms with Crippen LogP contribution in [-0.2, 0) is 10.0 Å². The molecule has 4 saturated carbocycles. The maximum Gasteiger partial charge on any atom is 0.251 e. The summed E-state index contributed by atoms with van der Waals surface area (Å²) < 4.78 is 26.2. The minimum atomic E-state index is -3.26. The highest BCUT2D eigenvalue weighted by Crippen LogP contribution is 2.55. The van der Waals surface area contributed by atoms with Crippen LogP contribution in [0.2, 0.25) is 0 Å². The van der Waals surface area contributed by atoms with Crippen LogP contribution in [0.15, 0.2) is 24.3 Å². The molecule has 0 aromatic heterocycles. The Balaban J connectivity index is 1.37. The molecule has 4 aliphatic carbocycles. The monoisotopic (exact) mass is 388 g/mol. The average Bonchev–Trinajstić information content (AvgIpc) is 2.60. The van der Waals surface area contributed by atoms with Crippen LogP contribution in [0.25, 0.3) is 0 Å². The van der Waals surface area contributed by atoms with Gasteiger partial charge in [0.1, 0.15) is 0 Å². The highest BCUT2D eigenvalue weighted by Gasteiger charge is 2.51. The van der Waals surface area contributed by atoms with Gasteiger partial charge in [-0.25, -0.2) is 8.42 Å². The molecule has 146 valence electrons. The Kier molecular flexibility index (Phi) is 4.04. The largest absolute Gasteiger partial charge is 0.347 e. The molecule has 5 aliphatic rings. The van der Waals surface area contributed by atoms with Crippen molar-refractivity contribution in [3.63, 3.8) is 0 Å². The van der Waals surface area contributed by atoms with Crippen LogP contribution in [0.5, 0.6) is 0 Å². The van der Waals surface area contributed by atoms with E-state index in [1.807, 2.05) is 0 Å². The molecular formula is C21H28N2O3S. The van der Waals surface area contributed by atoms with Crippen LogP contribution in [0.3, 0.4) is 0 Å². The molecule has 0 atom stereocenters. The first-order valence-corrected chi connectivity index (χ1v) is 12.0. The highest BCUT2D eigenvalue weighted by atomic mass is 32.2. The molecule has 1 aromatic rings. The fourth-order valence-corrected chi connectivity index (χ4v) is 8.09. The lowest BCUT2D eigenvalue weighted by Crippen LogP contribution is -2.59. The van der Waals surface area contributed by atoms with Gasteiger partial charge in [-0.15, -0.1) is 0 Å². The number of nitrogens with one attached hydrogen (secondary N) is 1. The van der Waals surface area contributed by atoms with E-state index >= 15 is 0 Å². The summed E-state index contributed by atoms with van der Waals surface area (Å²) in [5.74, 6) is 2.48. The SMILES string of the molecule is O=C(NC12CC3CC(CC(C3)C1)C2)c1cccc(N2CCCCS2(=O)=O)c1. The summed E-state index contributed by atoms with van der Waals surface area (Å²) in [5, 5.41) is 3.38. The normalized spacial score (nSPS) is 36.6. The zero-order valence-electron chi connectivity index (χ0n) is 15.7. The number of carbonyl (C=O) groups excluding carboxylic acids is 1. The standard InChI is InChI=1S/C21H28N2O3S/c24-20(22-21-12-15-8-16(13-21)10-17(9-15)14-21)18-4-3-5-19(11-18)23-6-1-2-7-27(23,25)26/h3-5,11,15-17H,1-2,6-10,12-14H2,(H,22,24). The molecule has 1 heterocycles. The summed E-state index contributed by atoms with van der Waals surface area (Å²) in [6.07, 6.45) is 8.96. The molecule has 1 saturated heterocycles. The van der Waals surface area contributed by atoms with Gasteiger partial charge in [0.2, 0.25) is 10.0 Å². The van der Waals surface area contributed by atoms with Gasteiger partial charge < -0.3 is 5.32 Å². The number of sulfonamides is 1. The van der Waals surface area contributed by atoms with E-state index in [4.69, 9.17) is 0 Å². The van der Waals surface area contributed by atoms with Gasteiger partial charge >= 0.3 is 0 Å². The molecule has 0 unspecified atom stereocenters. The smallest absolute Gasteiger partial charge is 0.251 e. The maximum atomic E-state index is 13.0. The first-order chi connectivity index (χ1) is 12.9. The predicted octanol–water partition coefficient (Wildman–Crippen LogP) is 3.32. The molecule has 1 amide bonds. The summed E-state index contributed by atoms with van der Waals surface area (Å²) in [6.45, 7) is 0.502. The lowest BCUT2D eigenvalue weighted by molar-refractivity contribution is -0.0167. The number of hydrogen-bond donors (Lipinski definition) is 1. The number of amides is 1. The molecular weight excluding hydrogens is 360 g/mol. The zero-order valence-corrected chi connectivity index (χ0v) is 16.5. The second-order valence-electron chi connectivity index (χ2n) is 9.30. The van der Waals surface area contributed by atoms with Gasteiger partial charge in [0.15, 0.2) is 0 Å². The molecule has 0 radical (unpaired) electrons. The van der Waals surface area contributed by atoms with Crippen molar-refractivity contribution in [3.8, 4) is 0 Å². The Morgan fingerprint density at radius 1 is 1.04 bits per heavy atom. The van der Waals surface area contributed by atoms with Crippen molar-refractivity contribution >= 4 is 21.6 Å². The number of rotatable bonds is 3. The van der Waals surface area contributed by atoms with E-state index < -0.39 is 10.0 Å². The van der Waals surface area contributed by atoms with Gasteiger partial charge in [0.05, 0.1) is 11.4 Å². The number of benzene rings is 1. The van der Waals surface area contributed by atoms with E-state index in [0.717, 1.165) is 43.4 Å². The third kappa shape index (κ3) is 3.16. The van der Waals surface area contributed by atoms with Crippen LogP contribution in [0.4, 0.5) is 5.69 Å². The van der Waals surface area contributed by atoms with Crippen LogP contribution in [0, 0.1) is 17.8 Å². The molecule has 1 N–H and O–H groups in total. The fraction of sp³-hybridized carbons (Fsp3) is 0.667. The lowest BCUT2D eigenvalue weighted by Gasteiger charge is -2.56. The van der Waals surface area contributed by atoms with E-state index in [9.17, 15) is 13.2 Å².